The molecule has 0 atom stereocenters. The van der Waals surface area contributed by atoms with Crippen LogP contribution in [0.1, 0.15) is 11.1 Å². The van der Waals surface area contributed by atoms with Gasteiger partial charge in [-0.3, -0.25) is 4.79 Å². The number of amides is 1. The van der Waals surface area contributed by atoms with Gasteiger partial charge in [0, 0.05) is 0 Å². The molecule has 128 valence electrons. The maximum atomic E-state index is 12.0. The standard InChI is InChI=1S/C17H13F2N3O3/c18-17(19)25-15-7-3-13(4-8-15)10-21-22-16(23)11-24-14-5-1-12(9-20)2-6-14/h1-8,10,17H,11H2,(H,22,23)/b21-10-. The lowest BCUT2D eigenvalue weighted by Crippen LogP contribution is -2.24. The molecule has 25 heavy (non-hydrogen) atoms. The van der Waals surface area contributed by atoms with Crippen LogP contribution >= 0.6 is 0 Å². The second kappa shape index (κ2) is 8.98. The van der Waals surface area contributed by atoms with Gasteiger partial charge in [-0.25, -0.2) is 5.43 Å². The molecule has 0 saturated heterocycles. The molecule has 0 spiro atoms. The first-order chi connectivity index (χ1) is 12.1. The van der Waals surface area contributed by atoms with E-state index in [1.165, 1.54) is 30.5 Å². The maximum absolute atomic E-state index is 12.0. The second-order valence-electron chi connectivity index (χ2n) is 4.67. The molecular formula is C17H13F2N3O3. The van der Waals surface area contributed by atoms with Crippen molar-refractivity contribution in [3.8, 4) is 17.6 Å². The van der Waals surface area contributed by atoms with Crippen LogP contribution in [0.25, 0.3) is 0 Å². The van der Waals surface area contributed by atoms with Gasteiger partial charge in [0.1, 0.15) is 11.5 Å². The fourth-order valence-electron chi connectivity index (χ4n) is 1.72. The van der Waals surface area contributed by atoms with E-state index in [4.69, 9.17) is 10.00 Å². The minimum absolute atomic E-state index is 0.0343. The Morgan fingerprint density at radius 3 is 2.40 bits per heavy atom. The van der Waals surface area contributed by atoms with Crippen molar-refractivity contribution in [3.63, 3.8) is 0 Å². The molecule has 8 heteroatoms. The molecule has 6 nitrogen and oxygen atoms in total. The molecule has 0 bridgehead atoms. The highest BCUT2D eigenvalue weighted by molar-refractivity contribution is 5.83. The predicted octanol–water partition coefficient (Wildman–Crippen LogP) is 2.69. The van der Waals surface area contributed by atoms with Gasteiger partial charge in [0.25, 0.3) is 5.91 Å². The number of nitrogens with zero attached hydrogens (tertiary/aromatic N) is 2. The summed E-state index contributed by atoms with van der Waals surface area (Å²) in [6.07, 6.45) is 1.35. The van der Waals surface area contributed by atoms with Gasteiger partial charge in [-0.1, -0.05) is 0 Å². The number of hydrazone groups is 1. The zero-order chi connectivity index (χ0) is 18.1. The van der Waals surface area contributed by atoms with Crippen molar-refractivity contribution < 1.29 is 23.0 Å². The van der Waals surface area contributed by atoms with Crippen molar-refractivity contribution in [2.24, 2.45) is 5.10 Å². The monoisotopic (exact) mass is 345 g/mol. The highest BCUT2D eigenvalue weighted by Crippen LogP contribution is 2.14. The van der Waals surface area contributed by atoms with Gasteiger partial charge in [-0.15, -0.1) is 0 Å². The number of ether oxygens (including phenoxy) is 2. The Hall–Kier alpha value is -3.47. The smallest absolute Gasteiger partial charge is 0.387 e. The summed E-state index contributed by atoms with van der Waals surface area (Å²) in [6, 6.07) is 14.0. The molecule has 0 radical (unpaired) electrons. The number of carbonyl (C=O) groups is 1. The van der Waals surface area contributed by atoms with Gasteiger partial charge in [0.15, 0.2) is 6.61 Å². The number of hydrogen-bond acceptors (Lipinski definition) is 5. The molecule has 0 aliphatic rings. The second-order valence-corrected chi connectivity index (χ2v) is 4.67. The Kier molecular flexibility index (Phi) is 6.42. The molecule has 0 aromatic heterocycles. The molecule has 0 aliphatic carbocycles. The Morgan fingerprint density at radius 1 is 1.16 bits per heavy atom. The number of halogens is 2. The van der Waals surface area contributed by atoms with Gasteiger partial charge < -0.3 is 9.47 Å². The lowest BCUT2D eigenvalue weighted by Gasteiger charge is -2.05. The zero-order valence-corrected chi connectivity index (χ0v) is 12.9. The van der Waals surface area contributed by atoms with Crippen LogP contribution in [0.15, 0.2) is 53.6 Å². The molecule has 0 aliphatic heterocycles. The van der Waals surface area contributed by atoms with E-state index in [0.29, 0.717) is 16.9 Å². The van der Waals surface area contributed by atoms with E-state index in [1.54, 1.807) is 24.3 Å². The van der Waals surface area contributed by atoms with Gasteiger partial charge in [0.05, 0.1) is 17.8 Å². The fourth-order valence-corrected chi connectivity index (χ4v) is 1.72. The highest BCUT2D eigenvalue weighted by Gasteiger charge is 2.03. The van der Waals surface area contributed by atoms with Crippen molar-refractivity contribution in [1.29, 1.82) is 5.26 Å². The van der Waals surface area contributed by atoms with E-state index in [0.717, 1.165) is 0 Å². The zero-order valence-electron chi connectivity index (χ0n) is 12.9. The molecular weight excluding hydrogens is 332 g/mol. The van der Waals surface area contributed by atoms with Gasteiger partial charge in [-0.05, 0) is 54.1 Å². The summed E-state index contributed by atoms with van der Waals surface area (Å²) in [7, 11) is 0. The summed E-state index contributed by atoms with van der Waals surface area (Å²) in [5, 5.41) is 12.4. The van der Waals surface area contributed by atoms with E-state index < -0.39 is 12.5 Å². The highest BCUT2D eigenvalue weighted by atomic mass is 19.3. The van der Waals surface area contributed by atoms with Crippen molar-refractivity contribution in [1.82, 2.24) is 5.43 Å². The Bertz CT molecular complexity index is 769. The molecule has 2 aromatic rings. The number of carbonyl (C=O) groups excluding carboxylic acids is 1. The maximum Gasteiger partial charge on any atom is 0.387 e. The average Bonchev–Trinajstić information content (AvgIpc) is 2.61. The third-order valence-electron chi connectivity index (χ3n) is 2.86. The molecule has 2 rings (SSSR count). The van der Waals surface area contributed by atoms with Crippen LogP contribution in [0, 0.1) is 11.3 Å². The van der Waals surface area contributed by atoms with E-state index >= 15 is 0 Å². The Morgan fingerprint density at radius 2 is 1.80 bits per heavy atom. The number of alkyl halides is 2. The number of hydrogen-bond donors (Lipinski definition) is 1. The Balaban J connectivity index is 1.76. The first-order valence-electron chi connectivity index (χ1n) is 7.06. The third kappa shape index (κ3) is 6.27. The predicted molar refractivity (Wildman–Crippen MR) is 85.5 cm³/mol. The summed E-state index contributed by atoms with van der Waals surface area (Å²) < 4.78 is 33.5. The van der Waals surface area contributed by atoms with E-state index in [2.05, 4.69) is 15.3 Å². The van der Waals surface area contributed by atoms with Crippen molar-refractivity contribution in [2.45, 2.75) is 6.61 Å². The quantitative estimate of drug-likeness (QED) is 0.618. The SMILES string of the molecule is N#Cc1ccc(OCC(=O)N/N=C\c2ccc(OC(F)F)cc2)cc1. The number of benzene rings is 2. The number of nitrogens with one attached hydrogen (secondary N) is 1. The normalized spacial score (nSPS) is 10.5. The summed E-state index contributed by atoms with van der Waals surface area (Å²) >= 11 is 0. The molecule has 2 aromatic carbocycles. The summed E-state index contributed by atoms with van der Waals surface area (Å²) in [6.45, 7) is -3.13. The molecule has 0 fully saturated rings. The van der Waals surface area contributed by atoms with Crippen LogP contribution in [0.3, 0.4) is 0 Å². The van der Waals surface area contributed by atoms with Crippen LogP contribution in [-0.2, 0) is 4.79 Å². The number of rotatable bonds is 7. The van der Waals surface area contributed by atoms with Gasteiger partial charge in [0.2, 0.25) is 0 Å². The third-order valence-corrected chi connectivity index (χ3v) is 2.86. The first-order valence-corrected chi connectivity index (χ1v) is 7.06. The molecule has 0 saturated carbocycles. The van der Waals surface area contributed by atoms with E-state index in [9.17, 15) is 13.6 Å². The lowest BCUT2D eigenvalue weighted by molar-refractivity contribution is -0.123. The lowest BCUT2D eigenvalue weighted by atomic mass is 10.2. The summed E-state index contributed by atoms with van der Waals surface area (Å²) in [5.41, 5.74) is 3.36. The van der Waals surface area contributed by atoms with Gasteiger partial charge >= 0.3 is 6.61 Å². The molecule has 1 amide bonds. The molecule has 1 N–H and O–H groups in total. The minimum atomic E-state index is -2.88. The van der Waals surface area contributed by atoms with Crippen molar-refractivity contribution >= 4 is 12.1 Å². The first kappa shape index (κ1) is 17.9. The minimum Gasteiger partial charge on any atom is -0.484 e. The van der Waals surface area contributed by atoms with Crippen LogP contribution in [-0.4, -0.2) is 25.3 Å². The van der Waals surface area contributed by atoms with Gasteiger partial charge in [-0.2, -0.15) is 19.1 Å². The Labute approximate surface area is 142 Å². The van der Waals surface area contributed by atoms with E-state index in [1.807, 2.05) is 6.07 Å². The van der Waals surface area contributed by atoms with E-state index in [-0.39, 0.29) is 12.4 Å². The van der Waals surface area contributed by atoms with Crippen LogP contribution in [0.2, 0.25) is 0 Å². The largest absolute Gasteiger partial charge is 0.484 e. The number of nitriles is 1. The average molecular weight is 345 g/mol. The summed E-state index contributed by atoms with van der Waals surface area (Å²) in [4.78, 5) is 11.6. The van der Waals surface area contributed by atoms with Crippen LogP contribution in [0.4, 0.5) is 8.78 Å². The fraction of sp³-hybridized carbons (Fsp3) is 0.118. The molecule has 0 heterocycles. The van der Waals surface area contributed by atoms with Crippen LogP contribution < -0.4 is 14.9 Å². The van der Waals surface area contributed by atoms with Crippen molar-refractivity contribution in [2.75, 3.05) is 6.61 Å². The topological polar surface area (TPSA) is 83.7 Å². The van der Waals surface area contributed by atoms with Crippen LogP contribution in [0.5, 0.6) is 11.5 Å². The summed E-state index contributed by atoms with van der Waals surface area (Å²) in [5.74, 6) is 0.0121. The van der Waals surface area contributed by atoms with Crippen molar-refractivity contribution in [3.05, 3.63) is 59.7 Å². The molecule has 0 unspecified atom stereocenters.